The second-order valence-electron chi connectivity index (χ2n) is 9.07. The average Bonchev–Trinajstić information content (AvgIpc) is 3.42. The van der Waals surface area contributed by atoms with Gasteiger partial charge in [-0.2, -0.15) is 5.10 Å². The van der Waals surface area contributed by atoms with Crippen LogP contribution in [0.3, 0.4) is 0 Å². The number of thiophene rings is 1. The van der Waals surface area contributed by atoms with E-state index in [4.69, 9.17) is 0 Å². The number of rotatable bonds is 4. The molecular formula is C24H31N5S. The van der Waals surface area contributed by atoms with Gasteiger partial charge in [-0.1, -0.05) is 27.2 Å². The normalized spacial score (nSPS) is 20.1. The first-order valence-electron chi connectivity index (χ1n) is 11.2. The van der Waals surface area contributed by atoms with Gasteiger partial charge in [-0.25, -0.2) is 9.50 Å². The van der Waals surface area contributed by atoms with Crippen LogP contribution in [0.25, 0.3) is 27.1 Å². The number of pyridine rings is 1. The first-order chi connectivity index (χ1) is 14.5. The van der Waals surface area contributed by atoms with Crippen molar-refractivity contribution in [3.05, 3.63) is 40.2 Å². The van der Waals surface area contributed by atoms with Gasteiger partial charge in [0.25, 0.3) is 0 Å². The molecule has 5 heterocycles. The molecular weight excluding hydrogens is 390 g/mol. The lowest BCUT2D eigenvalue weighted by Crippen LogP contribution is -2.34. The Kier molecular flexibility index (Phi) is 4.94. The van der Waals surface area contributed by atoms with Crippen LogP contribution in [0.5, 0.6) is 0 Å². The molecule has 4 aromatic heterocycles. The van der Waals surface area contributed by atoms with Crippen LogP contribution < -0.4 is 5.32 Å². The maximum atomic E-state index is 4.38. The molecule has 2 N–H and O–H groups in total. The highest BCUT2D eigenvalue weighted by atomic mass is 32.1. The Morgan fingerprint density at radius 3 is 2.90 bits per heavy atom. The van der Waals surface area contributed by atoms with Crippen molar-refractivity contribution in [2.45, 2.75) is 59.3 Å². The summed E-state index contributed by atoms with van der Waals surface area (Å²) >= 11 is 1.99. The molecule has 1 saturated heterocycles. The second-order valence-corrected chi connectivity index (χ2v) is 10.1. The highest BCUT2D eigenvalue weighted by molar-refractivity contribution is 7.19. The molecule has 0 bridgehead atoms. The molecule has 5 rings (SSSR count). The van der Waals surface area contributed by atoms with Crippen molar-refractivity contribution in [1.82, 2.24) is 24.9 Å². The summed E-state index contributed by atoms with van der Waals surface area (Å²) in [5, 5.41) is 9.42. The van der Waals surface area contributed by atoms with Gasteiger partial charge in [-0.15, -0.1) is 11.3 Å². The van der Waals surface area contributed by atoms with Gasteiger partial charge in [0.2, 0.25) is 0 Å². The summed E-state index contributed by atoms with van der Waals surface area (Å²) < 4.78 is 1.89. The zero-order valence-corrected chi connectivity index (χ0v) is 19.4. The van der Waals surface area contributed by atoms with Crippen LogP contribution in [0.15, 0.2) is 18.6 Å². The number of hydrogen-bond acceptors (Lipinski definition) is 4. The smallest absolute Gasteiger partial charge is 0.158 e. The van der Waals surface area contributed by atoms with Gasteiger partial charge in [-0.05, 0) is 73.9 Å². The predicted octanol–water partition coefficient (Wildman–Crippen LogP) is 5.78. The van der Waals surface area contributed by atoms with E-state index in [1.165, 1.54) is 45.4 Å². The van der Waals surface area contributed by atoms with Crippen molar-refractivity contribution < 1.29 is 0 Å². The van der Waals surface area contributed by atoms with Crippen molar-refractivity contribution >= 4 is 27.2 Å². The lowest BCUT2D eigenvalue weighted by Gasteiger charge is -2.31. The number of piperidine rings is 1. The summed E-state index contributed by atoms with van der Waals surface area (Å²) in [7, 11) is 0. The maximum Gasteiger partial charge on any atom is 0.158 e. The van der Waals surface area contributed by atoms with E-state index in [2.05, 4.69) is 67.3 Å². The second kappa shape index (κ2) is 7.50. The van der Waals surface area contributed by atoms with Crippen molar-refractivity contribution in [2.75, 3.05) is 13.1 Å². The largest absolute Gasteiger partial charge is 0.346 e. The van der Waals surface area contributed by atoms with Gasteiger partial charge in [0, 0.05) is 22.0 Å². The minimum Gasteiger partial charge on any atom is -0.346 e. The third kappa shape index (κ3) is 3.00. The van der Waals surface area contributed by atoms with Crippen LogP contribution in [0.4, 0.5) is 0 Å². The fraction of sp³-hybridized carbons (Fsp3) is 0.500. The molecule has 1 aliphatic rings. The van der Waals surface area contributed by atoms with Crippen LogP contribution in [0.2, 0.25) is 0 Å². The standard InChI is InChI=1S/C24H31N5S/c1-6-16-10-25-8-7-18(16)22-15(5)20-19(13(2)3)21(28-24(20)30-22)17-9-14(4)23-26-12-27-29(23)11-17/h9,11-13,16,18,25,28H,6-8,10H2,1-5H3. The predicted molar refractivity (Wildman–Crippen MR) is 126 cm³/mol. The molecule has 0 spiro atoms. The quantitative estimate of drug-likeness (QED) is 0.439. The molecule has 2 unspecified atom stereocenters. The number of H-pyrrole nitrogens is 1. The summed E-state index contributed by atoms with van der Waals surface area (Å²) in [6, 6.07) is 2.24. The SMILES string of the molecule is CCC1CNCCC1c1sc2[nH]c(-c3cc(C)c4ncnn4c3)c(C(C)C)c2c1C. The van der Waals surface area contributed by atoms with Crippen LogP contribution >= 0.6 is 11.3 Å². The molecule has 0 saturated carbocycles. The van der Waals surface area contributed by atoms with Gasteiger partial charge in [0.15, 0.2) is 5.65 Å². The first kappa shape index (κ1) is 19.8. The van der Waals surface area contributed by atoms with Crippen molar-refractivity contribution in [2.24, 2.45) is 5.92 Å². The highest BCUT2D eigenvalue weighted by Crippen LogP contribution is 2.46. The summed E-state index contributed by atoms with van der Waals surface area (Å²) in [4.78, 5) is 11.1. The molecule has 2 atom stereocenters. The molecule has 0 radical (unpaired) electrons. The van der Waals surface area contributed by atoms with Gasteiger partial charge in [0.05, 0.1) is 5.69 Å². The number of aromatic amines is 1. The molecule has 0 aliphatic carbocycles. The Balaban J connectivity index is 1.68. The Bertz CT molecular complexity index is 1210. The maximum absolute atomic E-state index is 4.38. The molecule has 158 valence electrons. The molecule has 1 fully saturated rings. The fourth-order valence-corrected chi connectivity index (χ4v) is 6.79. The van der Waals surface area contributed by atoms with Gasteiger partial charge in [0.1, 0.15) is 11.2 Å². The Morgan fingerprint density at radius 1 is 1.30 bits per heavy atom. The lowest BCUT2D eigenvalue weighted by atomic mass is 9.82. The van der Waals surface area contributed by atoms with E-state index in [9.17, 15) is 0 Å². The van der Waals surface area contributed by atoms with E-state index in [0.717, 1.165) is 30.2 Å². The summed E-state index contributed by atoms with van der Waals surface area (Å²) in [5.74, 6) is 1.86. The summed E-state index contributed by atoms with van der Waals surface area (Å²) in [5.41, 5.74) is 7.42. The molecule has 1 aliphatic heterocycles. The van der Waals surface area contributed by atoms with Gasteiger partial charge in [-0.3, -0.25) is 0 Å². The monoisotopic (exact) mass is 421 g/mol. The lowest BCUT2D eigenvalue weighted by molar-refractivity contribution is 0.321. The fourth-order valence-electron chi connectivity index (χ4n) is 5.34. The Morgan fingerprint density at radius 2 is 2.13 bits per heavy atom. The van der Waals surface area contributed by atoms with E-state index in [1.807, 2.05) is 15.9 Å². The van der Waals surface area contributed by atoms with E-state index >= 15 is 0 Å². The topological polar surface area (TPSA) is 58.0 Å². The molecule has 30 heavy (non-hydrogen) atoms. The number of aryl methyl sites for hydroxylation is 2. The summed E-state index contributed by atoms with van der Waals surface area (Å²) in [6.07, 6.45) is 6.21. The Hall–Kier alpha value is -2.18. The van der Waals surface area contributed by atoms with Crippen molar-refractivity contribution in [1.29, 1.82) is 0 Å². The van der Waals surface area contributed by atoms with Crippen molar-refractivity contribution in [3.63, 3.8) is 0 Å². The summed E-state index contributed by atoms with van der Waals surface area (Å²) in [6.45, 7) is 13.7. The van der Waals surface area contributed by atoms with E-state index < -0.39 is 0 Å². The Labute approximate surface area is 181 Å². The minimum atomic E-state index is 0.441. The zero-order chi connectivity index (χ0) is 21.0. The number of fused-ring (bicyclic) bond motifs is 2. The number of hydrogen-bond donors (Lipinski definition) is 2. The van der Waals surface area contributed by atoms with E-state index in [1.54, 1.807) is 11.2 Å². The molecule has 5 nitrogen and oxygen atoms in total. The number of nitrogens with one attached hydrogen (secondary N) is 2. The van der Waals surface area contributed by atoms with Crippen LogP contribution in [-0.4, -0.2) is 32.7 Å². The third-order valence-electron chi connectivity index (χ3n) is 6.85. The molecule has 6 heteroatoms. The molecule has 0 amide bonds. The first-order valence-corrected chi connectivity index (χ1v) is 12.0. The zero-order valence-electron chi connectivity index (χ0n) is 18.5. The van der Waals surface area contributed by atoms with Crippen LogP contribution in [-0.2, 0) is 0 Å². The highest BCUT2D eigenvalue weighted by Gasteiger charge is 2.30. The van der Waals surface area contributed by atoms with Crippen LogP contribution in [0.1, 0.15) is 67.0 Å². The number of nitrogens with zero attached hydrogens (tertiary/aromatic N) is 3. The number of aromatic nitrogens is 4. The van der Waals surface area contributed by atoms with Gasteiger partial charge < -0.3 is 10.3 Å². The molecule has 0 aromatic carbocycles. The van der Waals surface area contributed by atoms with E-state index in [0.29, 0.717) is 11.8 Å². The minimum absolute atomic E-state index is 0.441. The molecule has 4 aromatic rings. The van der Waals surface area contributed by atoms with Gasteiger partial charge >= 0.3 is 0 Å². The van der Waals surface area contributed by atoms with Crippen molar-refractivity contribution in [3.8, 4) is 11.3 Å². The average molecular weight is 422 g/mol. The third-order valence-corrected chi connectivity index (χ3v) is 8.19. The van der Waals surface area contributed by atoms with E-state index in [-0.39, 0.29) is 0 Å². The van der Waals surface area contributed by atoms with Crippen LogP contribution in [0, 0.1) is 19.8 Å².